The van der Waals surface area contributed by atoms with Crippen LogP contribution in [0.5, 0.6) is 0 Å². The molecule has 0 N–H and O–H groups in total. The smallest absolute Gasteiger partial charge is 0.182 e. The van der Waals surface area contributed by atoms with Crippen LogP contribution in [0.25, 0.3) is 22.4 Å². The van der Waals surface area contributed by atoms with Crippen LogP contribution < -0.4 is 0 Å². The maximum absolute atomic E-state index is 14.8. The summed E-state index contributed by atoms with van der Waals surface area (Å²) in [5, 5.41) is 4.42. The third-order valence-electron chi connectivity index (χ3n) is 6.53. The molecular weight excluding hydrogens is 438 g/mol. The quantitative estimate of drug-likeness (QED) is 0.417. The summed E-state index contributed by atoms with van der Waals surface area (Å²) in [6.07, 6.45) is 5.43. The van der Waals surface area contributed by atoms with E-state index in [2.05, 4.69) is 15.1 Å². The van der Waals surface area contributed by atoms with Gasteiger partial charge in [0.05, 0.1) is 31.1 Å². The Balaban J connectivity index is 1.44. The van der Waals surface area contributed by atoms with Gasteiger partial charge in [0.2, 0.25) is 0 Å². The standard InChI is InChI=1S/C25H24F2N6O/c1-13-14(2)30-25-23(29-13)22(19-6-3-17(26)10-20(19)27)31-24(32-25)15-7-8-34-21(9-15)16-11-28-33(12-16)18-4-5-18/h3,6,10-12,15,18,21H,4-5,7-9H2,1-2H3/t15-,21-/m1/s1/i21D. The Labute approximate surface area is 196 Å². The zero-order chi connectivity index (χ0) is 24.3. The fraction of sp³-hybridized carbons (Fsp3) is 0.400. The molecule has 3 aromatic heterocycles. The zero-order valence-corrected chi connectivity index (χ0v) is 18.9. The minimum absolute atomic E-state index is 0.132. The molecule has 4 heterocycles. The third kappa shape index (κ3) is 3.83. The van der Waals surface area contributed by atoms with Gasteiger partial charge in [-0.3, -0.25) is 4.68 Å². The van der Waals surface area contributed by atoms with Crippen LogP contribution in [0.4, 0.5) is 8.78 Å². The van der Waals surface area contributed by atoms with E-state index in [-0.39, 0.29) is 17.2 Å². The lowest BCUT2D eigenvalue weighted by molar-refractivity contribution is 0.00396. The van der Waals surface area contributed by atoms with Gasteiger partial charge in [-0.2, -0.15) is 5.10 Å². The van der Waals surface area contributed by atoms with Crippen molar-refractivity contribution in [3.63, 3.8) is 0 Å². The van der Waals surface area contributed by atoms with Crippen LogP contribution in [0.1, 0.15) is 67.9 Å². The average Bonchev–Trinajstić information content (AvgIpc) is 3.55. The highest BCUT2D eigenvalue weighted by molar-refractivity contribution is 5.87. The van der Waals surface area contributed by atoms with Gasteiger partial charge in [-0.1, -0.05) is 0 Å². The molecule has 1 aromatic carbocycles. The molecule has 2 fully saturated rings. The van der Waals surface area contributed by atoms with Crippen molar-refractivity contribution < 1.29 is 14.9 Å². The Bertz CT molecular complexity index is 1460. The summed E-state index contributed by atoms with van der Waals surface area (Å²) in [4.78, 5) is 18.6. The van der Waals surface area contributed by atoms with E-state index in [9.17, 15) is 8.78 Å². The molecule has 34 heavy (non-hydrogen) atoms. The second-order valence-electron chi connectivity index (χ2n) is 9.02. The minimum atomic E-state index is -1.29. The predicted octanol–water partition coefficient (Wildman–Crippen LogP) is 5.15. The summed E-state index contributed by atoms with van der Waals surface area (Å²) < 4.78 is 45.3. The summed E-state index contributed by atoms with van der Waals surface area (Å²) in [5.41, 5.74) is 3.20. The molecule has 6 rings (SSSR count). The van der Waals surface area contributed by atoms with Crippen molar-refractivity contribution >= 4 is 11.2 Å². The molecule has 0 amide bonds. The summed E-state index contributed by atoms with van der Waals surface area (Å²) in [5.74, 6) is -1.17. The topological polar surface area (TPSA) is 78.6 Å². The Morgan fingerprint density at radius 3 is 2.68 bits per heavy atom. The Morgan fingerprint density at radius 2 is 1.88 bits per heavy atom. The van der Waals surface area contributed by atoms with Crippen molar-refractivity contribution in [3.05, 3.63) is 65.0 Å². The van der Waals surface area contributed by atoms with Gasteiger partial charge >= 0.3 is 0 Å². The van der Waals surface area contributed by atoms with Crippen molar-refractivity contribution in [2.24, 2.45) is 0 Å². The summed E-state index contributed by atoms with van der Waals surface area (Å²) >= 11 is 0. The van der Waals surface area contributed by atoms with Crippen molar-refractivity contribution in [2.75, 3.05) is 6.61 Å². The van der Waals surface area contributed by atoms with Crippen LogP contribution >= 0.6 is 0 Å². The molecule has 0 unspecified atom stereocenters. The number of benzene rings is 1. The zero-order valence-electron chi connectivity index (χ0n) is 19.9. The van der Waals surface area contributed by atoms with Crippen molar-refractivity contribution in [2.45, 2.75) is 57.6 Å². The Morgan fingerprint density at radius 1 is 1.06 bits per heavy atom. The fourth-order valence-corrected chi connectivity index (χ4v) is 4.33. The highest BCUT2D eigenvalue weighted by Crippen LogP contribution is 2.40. The van der Waals surface area contributed by atoms with Gasteiger partial charge in [0.1, 0.15) is 28.7 Å². The monoisotopic (exact) mass is 463 g/mol. The van der Waals surface area contributed by atoms with Crippen molar-refractivity contribution in [3.8, 4) is 11.3 Å². The summed E-state index contributed by atoms with van der Waals surface area (Å²) in [6, 6.07) is 3.80. The van der Waals surface area contributed by atoms with E-state index >= 15 is 0 Å². The molecule has 1 aliphatic carbocycles. The molecule has 174 valence electrons. The molecule has 1 saturated carbocycles. The number of halogens is 2. The van der Waals surface area contributed by atoms with E-state index in [4.69, 9.17) is 16.1 Å². The summed E-state index contributed by atoms with van der Waals surface area (Å²) in [6.45, 7) is 4.00. The van der Waals surface area contributed by atoms with Crippen molar-refractivity contribution in [1.29, 1.82) is 0 Å². The molecule has 9 heteroatoms. The number of fused-ring (bicyclic) bond motifs is 1. The molecule has 0 radical (unpaired) electrons. The number of aryl methyl sites for hydroxylation is 2. The molecule has 2 atom stereocenters. The van der Waals surface area contributed by atoms with Crippen molar-refractivity contribution in [1.82, 2.24) is 29.7 Å². The normalized spacial score (nSPS) is 23.3. The van der Waals surface area contributed by atoms with Gasteiger partial charge in [-0.25, -0.2) is 28.7 Å². The van der Waals surface area contributed by atoms with Gasteiger partial charge in [0, 0.05) is 35.9 Å². The molecular formula is C25H24F2N6O. The van der Waals surface area contributed by atoms with Crippen LogP contribution in [-0.4, -0.2) is 36.3 Å². The van der Waals surface area contributed by atoms with Gasteiger partial charge in [0.25, 0.3) is 0 Å². The van der Waals surface area contributed by atoms with Crippen LogP contribution in [-0.2, 0) is 4.74 Å². The third-order valence-corrected chi connectivity index (χ3v) is 6.53. The molecule has 0 spiro atoms. The summed E-state index contributed by atoms with van der Waals surface area (Å²) in [7, 11) is 0. The number of hydrogen-bond acceptors (Lipinski definition) is 6. The maximum atomic E-state index is 14.8. The number of hydrogen-bond donors (Lipinski definition) is 0. The van der Waals surface area contributed by atoms with E-state index in [0.29, 0.717) is 59.4 Å². The predicted molar refractivity (Wildman–Crippen MR) is 121 cm³/mol. The lowest BCUT2D eigenvalue weighted by Crippen LogP contribution is -2.20. The first-order chi connectivity index (χ1) is 16.8. The van der Waals surface area contributed by atoms with E-state index in [0.717, 1.165) is 18.9 Å². The van der Waals surface area contributed by atoms with Gasteiger partial charge in [-0.05, 0) is 51.7 Å². The first kappa shape index (κ1) is 20.1. The fourth-order valence-electron chi connectivity index (χ4n) is 4.33. The van der Waals surface area contributed by atoms with Gasteiger partial charge in [0.15, 0.2) is 5.65 Å². The van der Waals surface area contributed by atoms with E-state index in [1.165, 1.54) is 12.1 Å². The highest BCUT2D eigenvalue weighted by Gasteiger charge is 2.31. The minimum Gasteiger partial charge on any atom is -0.373 e. The van der Waals surface area contributed by atoms with Crippen LogP contribution in [0.2, 0.25) is 0 Å². The number of nitrogens with zero attached hydrogens (tertiary/aromatic N) is 6. The Hall–Kier alpha value is -3.33. The van der Waals surface area contributed by atoms with E-state index < -0.39 is 17.7 Å². The molecule has 4 aromatic rings. The molecule has 0 bridgehead atoms. The number of rotatable bonds is 4. The van der Waals surface area contributed by atoms with Crippen LogP contribution in [0.3, 0.4) is 0 Å². The SMILES string of the molecule is [2H][C@]1(c2cnn(C3CC3)c2)C[C@H](c2nc(-c3ccc(F)cc3F)c3nc(C)c(C)nc3n2)CCO1. The molecule has 2 aliphatic rings. The second-order valence-corrected chi connectivity index (χ2v) is 9.02. The number of ether oxygens (including phenoxy) is 1. The maximum Gasteiger partial charge on any atom is 0.182 e. The van der Waals surface area contributed by atoms with Crippen LogP contribution in [0.15, 0.2) is 30.6 Å². The second kappa shape index (κ2) is 8.16. The molecule has 7 nitrogen and oxygen atoms in total. The van der Waals surface area contributed by atoms with E-state index in [1.54, 1.807) is 6.20 Å². The first-order valence-electron chi connectivity index (χ1n) is 12.0. The molecule has 1 aliphatic heterocycles. The lowest BCUT2D eigenvalue weighted by Gasteiger charge is -2.28. The average molecular weight is 464 g/mol. The number of aromatic nitrogens is 6. The van der Waals surface area contributed by atoms with E-state index in [1.807, 2.05) is 24.7 Å². The Kier molecular flexibility index (Phi) is 4.82. The largest absolute Gasteiger partial charge is 0.373 e. The van der Waals surface area contributed by atoms with Gasteiger partial charge < -0.3 is 4.74 Å². The lowest BCUT2D eigenvalue weighted by atomic mass is 9.92. The molecule has 1 saturated heterocycles. The first-order valence-corrected chi connectivity index (χ1v) is 11.5. The highest BCUT2D eigenvalue weighted by atomic mass is 19.1. The van der Waals surface area contributed by atoms with Gasteiger partial charge in [-0.15, -0.1) is 0 Å². The van der Waals surface area contributed by atoms with Crippen LogP contribution in [0, 0.1) is 25.5 Å².